The largest absolute Gasteiger partial charge is 0.337 e. The lowest BCUT2D eigenvalue weighted by atomic mass is 9.80. The molecule has 96 valence electrons. The van der Waals surface area contributed by atoms with Crippen LogP contribution in [-0.4, -0.2) is 10.1 Å². The summed E-state index contributed by atoms with van der Waals surface area (Å²) in [7, 11) is 0. The van der Waals surface area contributed by atoms with E-state index >= 15 is 0 Å². The number of nitrogens with zero attached hydrogens (tertiary/aromatic N) is 2. The summed E-state index contributed by atoms with van der Waals surface area (Å²) in [5.74, 6) is 2.76. The van der Waals surface area contributed by atoms with E-state index in [9.17, 15) is 0 Å². The molecule has 0 aromatic carbocycles. The fraction of sp³-hybridized carbons (Fsp3) is 0.846. The van der Waals surface area contributed by atoms with Crippen molar-refractivity contribution in [3.05, 3.63) is 11.7 Å². The van der Waals surface area contributed by atoms with E-state index in [0.717, 1.165) is 11.7 Å². The van der Waals surface area contributed by atoms with Gasteiger partial charge in [0, 0.05) is 5.92 Å². The first kappa shape index (κ1) is 12.6. The van der Waals surface area contributed by atoms with Crippen molar-refractivity contribution in [2.75, 3.05) is 0 Å². The summed E-state index contributed by atoms with van der Waals surface area (Å²) in [6, 6.07) is 0. The molecular weight excluding hydrogens is 214 g/mol. The molecule has 0 aliphatic heterocycles. The molecule has 0 radical (unpaired) electrons. The van der Waals surface area contributed by atoms with Crippen molar-refractivity contribution < 1.29 is 4.52 Å². The van der Waals surface area contributed by atoms with Gasteiger partial charge in [-0.2, -0.15) is 4.98 Å². The summed E-state index contributed by atoms with van der Waals surface area (Å²) in [5, 5.41) is 4.09. The van der Waals surface area contributed by atoms with E-state index in [1.165, 1.54) is 32.1 Å². The van der Waals surface area contributed by atoms with Gasteiger partial charge in [0.25, 0.3) is 0 Å². The molecule has 1 saturated carbocycles. The van der Waals surface area contributed by atoms with Crippen LogP contribution in [0.2, 0.25) is 0 Å². The fourth-order valence-electron chi connectivity index (χ4n) is 2.49. The SMILES string of the molecule is CCC1CCC(c2noc(C(C)(C)N)n2)CC1. The summed E-state index contributed by atoms with van der Waals surface area (Å²) < 4.78 is 5.25. The van der Waals surface area contributed by atoms with Crippen LogP contribution in [0.25, 0.3) is 0 Å². The molecule has 1 aliphatic carbocycles. The normalized spacial score (nSPS) is 26.1. The van der Waals surface area contributed by atoms with E-state index in [1.807, 2.05) is 13.8 Å². The van der Waals surface area contributed by atoms with E-state index in [0.29, 0.717) is 11.8 Å². The molecule has 0 saturated heterocycles. The zero-order valence-electron chi connectivity index (χ0n) is 11.1. The lowest BCUT2D eigenvalue weighted by molar-refractivity contribution is 0.292. The molecule has 2 N–H and O–H groups in total. The zero-order valence-corrected chi connectivity index (χ0v) is 11.1. The molecule has 17 heavy (non-hydrogen) atoms. The average molecular weight is 237 g/mol. The van der Waals surface area contributed by atoms with Gasteiger partial charge in [-0.25, -0.2) is 0 Å². The summed E-state index contributed by atoms with van der Waals surface area (Å²) in [6.07, 6.45) is 6.24. The second-order valence-electron chi connectivity index (χ2n) is 5.81. The molecule has 1 aromatic heterocycles. The van der Waals surface area contributed by atoms with Gasteiger partial charge in [0.2, 0.25) is 5.89 Å². The van der Waals surface area contributed by atoms with Crippen LogP contribution in [-0.2, 0) is 5.54 Å². The van der Waals surface area contributed by atoms with Gasteiger partial charge in [-0.15, -0.1) is 0 Å². The van der Waals surface area contributed by atoms with Crippen LogP contribution in [0.4, 0.5) is 0 Å². The third kappa shape index (κ3) is 2.86. The van der Waals surface area contributed by atoms with Crippen molar-refractivity contribution in [1.29, 1.82) is 0 Å². The molecule has 1 aliphatic rings. The van der Waals surface area contributed by atoms with Crippen LogP contribution < -0.4 is 5.73 Å². The maximum Gasteiger partial charge on any atom is 0.246 e. The van der Waals surface area contributed by atoms with Gasteiger partial charge >= 0.3 is 0 Å². The van der Waals surface area contributed by atoms with Crippen molar-refractivity contribution >= 4 is 0 Å². The zero-order chi connectivity index (χ0) is 12.5. The number of aromatic nitrogens is 2. The summed E-state index contributed by atoms with van der Waals surface area (Å²) >= 11 is 0. The van der Waals surface area contributed by atoms with E-state index in [2.05, 4.69) is 17.1 Å². The number of hydrogen-bond donors (Lipinski definition) is 1. The summed E-state index contributed by atoms with van der Waals surface area (Å²) in [4.78, 5) is 4.45. The van der Waals surface area contributed by atoms with Crippen LogP contribution in [0, 0.1) is 5.92 Å². The van der Waals surface area contributed by atoms with Crippen molar-refractivity contribution in [1.82, 2.24) is 10.1 Å². The van der Waals surface area contributed by atoms with Crippen LogP contribution in [0.5, 0.6) is 0 Å². The van der Waals surface area contributed by atoms with E-state index < -0.39 is 5.54 Å². The molecule has 4 heteroatoms. The van der Waals surface area contributed by atoms with E-state index in [-0.39, 0.29) is 0 Å². The maximum absolute atomic E-state index is 5.95. The second-order valence-corrected chi connectivity index (χ2v) is 5.81. The Balaban J connectivity index is 2.02. The van der Waals surface area contributed by atoms with Crippen molar-refractivity contribution in [2.45, 2.75) is 64.3 Å². The molecule has 1 heterocycles. The lowest BCUT2D eigenvalue weighted by Gasteiger charge is -2.25. The highest BCUT2D eigenvalue weighted by Crippen LogP contribution is 2.36. The smallest absolute Gasteiger partial charge is 0.246 e. The Morgan fingerprint density at radius 3 is 2.41 bits per heavy atom. The maximum atomic E-state index is 5.95. The van der Waals surface area contributed by atoms with E-state index in [1.54, 1.807) is 0 Å². The van der Waals surface area contributed by atoms with Crippen molar-refractivity contribution in [3.63, 3.8) is 0 Å². The molecule has 0 amide bonds. The number of nitrogens with two attached hydrogens (primary N) is 1. The minimum atomic E-state index is -0.536. The fourth-order valence-corrected chi connectivity index (χ4v) is 2.49. The van der Waals surface area contributed by atoms with Gasteiger partial charge in [0.05, 0.1) is 5.54 Å². The highest BCUT2D eigenvalue weighted by atomic mass is 16.5. The highest BCUT2D eigenvalue weighted by molar-refractivity contribution is 5.02. The molecule has 0 bridgehead atoms. The number of rotatable bonds is 3. The van der Waals surface area contributed by atoms with Crippen LogP contribution in [0.3, 0.4) is 0 Å². The average Bonchev–Trinajstić information content (AvgIpc) is 2.78. The summed E-state index contributed by atoms with van der Waals surface area (Å²) in [6.45, 7) is 6.05. The minimum absolute atomic E-state index is 0.470. The molecular formula is C13H23N3O. The Labute approximate surface area is 103 Å². The number of hydrogen-bond acceptors (Lipinski definition) is 4. The Morgan fingerprint density at radius 1 is 1.29 bits per heavy atom. The van der Waals surface area contributed by atoms with Crippen LogP contribution in [0.1, 0.15) is 70.5 Å². The summed E-state index contributed by atoms with van der Waals surface area (Å²) in [5.41, 5.74) is 5.41. The molecule has 1 aromatic rings. The van der Waals surface area contributed by atoms with Crippen LogP contribution in [0.15, 0.2) is 4.52 Å². The highest BCUT2D eigenvalue weighted by Gasteiger charge is 2.28. The van der Waals surface area contributed by atoms with Gasteiger partial charge in [0.15, 0.2) is 5.82 Å². The quantitative estimate of drug-likeness (QED) is 0.877. The standard InChI is InChI=1S/C13H23N3O/c1-4-9-5-7-10(8-6-9)11-15-12(17-16-11)13(2,3)14/h9-10H,4-8,14H2,1-3H3. The Kier molecular flexibility index (Phi) is 3.52. The monoisotopic (exact) mass is 237 g/mol. The lowest BCUT2D eigenvalue weighted by Crippen LogP contribution is -2.29. The second kappa shape index (κ2) is 4.77. The Bertz CT molecular complexity index is 359. The molecule has 4 nitrogen and oxygen atoms in total. The molecule has 0 spiro atoms. The van der Waals surface area contributed by atoms with Gasteiger partial charge in [0.1, 0.15) is 0 Å². The van der Waals surface area contributed by atoms with Gasteiger partial charge < -0.3 is 10.3 Å². The predicted octanol–water partition coefficient (Wildman–Crippen LogP) is 2.95. The molecule has 0 atom stereocenters. The van der Waals surface area contributed by atoms with Gasteiger partial charge in [-0.1, -0.05) is 18.5 Å². The van der Waals surface area contributed by atoms with Gasteiger partial charge in [-0.3, -0.25) is 0 Å². The van der Waals surface area contributed by atoms with Crippen molar-refractivity contribution in [3.8, 4) is 0 Å². The van der Waals surface area contributed by atoms with Gasteiger partial charge in [-0.05, 0) is 45.4 Å². The Morgan fingerprint density at radius 2 is 1.94 bits per heavy atom. The van der Waals surface area contributed by atoms with E-state index in [4.69, 9.17) is 10.3 Å². The Hall–Kier alpha value is -0.900. The van der Waals surface area contributed by atoms with Crippen LogP contribution >= 0.6 is 0 Å². The third-order valence-electron chi connectivity index (χ3n) is 3.78. The predicted molar refractivity (Wildman–Crippen MR) is 66.5 cm³/mol. The topological polar surface area (TPSA) is 64.9 Å². The molecule has 1 fully saturated rings. The van der Waals surface area contributed by atoms with Crippen molar-refractivity contribution in [2.24, 2.45) is 11.7 Å². The minimum Gasteiger partial charge on any atom is -0.337 e. The molecule has 0 unspecified atom stereocenters. The molecule has 2 rings (SSSR count). The first-order valence-corrected chi connectivity index (χ1v) is 6.63. The first-order valence-electron chi connectivity index (χ1n) is 6.63. The first-order chi connectivity index (χ1) is 8.00. The third-order valence-corrected chi connectivity index (χ3v) is 3.78.